The van der Waals surface area contributed by atoms with E-state index in [9.17, 15) is 4.39 Å². The molecule has 82 valence electrons. The minimum absolute atomic E-state index is 0.169. The van der Waals surface area contributed by atoms with Crippen molar-refractivity contribution < 1.29 is 4.39 Å². The zero-order valence-electron chi connectivity index (χ0n) is 8.82. The van der Waals surface area contributed by atoms with E-state index in [1.54, 1.807) is 11.9 Å². The Morgan fingerprint density at radius 2 is 1.67 bits per heavy atom. The van der Waals surface area contributed by atoms with Gasteiger partial charge in [0.25, 0.3) is 0 Å². The van der Waals surface area contributed by atoms with Crippen LogP contribution in [0.4, 0.5) is 4.39 Å². The molecule has 15 heavy (non-hydrogen) atoms. The molecular weight excluding hydrogens is 211 g/mol. The minimum Gasteiger partial charge on any atom is -0.304 e. The van der Waals surface area contributed by atoms with Gasteiger partial charge in [0.15, 0.2) is 0 Å². The predicted octanol–water partition coefficient (Wildman–Crippen LogP) is 2.08. The van der Waals surface area contributed by atoms with Gasteiger partial charge in [0.1, 0.15) is 5.82 Å². The fourth-order valence-electron chi connectivity index (χ4n) is 1.52. The van der Waals surface area contributed by atoms with E-state index in [-0.39, 0.29) is 5.82 Å². The van der Waals surface area contributed by atoms with Crippen molar-refractivity contribution >= 4 is 11.9 Å². The van der Waals surface area contributed by atoms with E-state index in [1.807, 2.05) is 12.1 Å². The fourth-order valence-corrected chi connectivity index (χ4v) is 2.43. The Balaban J connectivity index is 1.89. The SMILES string of the molecule is CN1CCN(Sc2ccc(F)cc2)CC1. The molecule has 2 rings (SSSR count). The summed E-state index contributed by atoms with van der Waals surface area (Å²) < 4.78 is 15.0. The van der Waals surface area contributed by atoms with Crippen LogP contribution >= 0.6 is 11.9 Å². The Morgan fingerprint density at radius 3 is 2.27 bits per heavy atom. The highest BCUT2D eigenvalue weighted by molar-refractivity contribution is 7.97. The summed E-state index contributed by atoms with van der Waals surface area (Å²) in [5.41, 5.74) is 0. The molecule has 2 nitrogen and oxygen atoms in total. The molecule has 0 radical (unpaired) electrons. The lowest BCUT2D eigenvalue weighted by Gasteiger charge is -2.31. The van der Waals surface area contributed by atoms with Gasteiger partial charge in [-0.05, 0) is 43.3 Å². The lowest BCUT2D eigenvalue weighted by atomic mass is 10.4. The summed E-state index contributed by atoms with van der Waals surface area (Å²) in [7, 11) is 2.14. The van der Waals surface area contributed by atoms with Crippen LogP contribution in [-0.2, 0) is 0 Å². The van der Waals surface area contributed by atoms with Crippen LogP contribution in [0.15, 0.2) is 29.2 Å². The first-order chi connectivity index (χ1) is 7.24. The first-order valence-electron chi connectivity index (χ1n) is 5.11. The molecule has 1 aromatic carbocycles. The molecule has 0 atom stereocenters. The Bertz CT molecular complexity index is 307. The highest BCUT2D eigenvalue weighted by atomic mass is 32.2. The maximum atomic E-state index is 12.7. The van der Waals surface area contributed by atoms with Crippen LogP contribution in [0.1, 0.15) is 0 Å². The van der Waals surface area contributed by atoms with E-state index in [4.69, 9.17) is 0 Å². The fraction of sp³-hybridized carbons (Fsp3) is 0.455. The van der Waals surface area contributed by atoms with E-state index in [0.29, 0.717) is 0 Å². The summed E-state index contributed by atoms with van der Waals surface area (Å²) in [6.45, 7) is 4.35. The number of piperazine rings is 1. The Labute approximate surface area is 94.2 Å². The lowest BCUT2D eigenvalue weighted by Crippen LogP contribution is -2.40. The van der Waals surface area contributed by atoms with Crippen molar-refractivity contribution in [3.8, 4) is 0 Å². The average molecular weight is 226 g/mol. The largest absolute Gasteiger partial charge is 0.304 e. The summed E-state index contributed by atoms with van der Waals surface area (Å²) in [6, 6.07) is 6.69. The number of benzene rings is 1. The van der Waals surface area contributed by atoms with Gasteiger partial charge < -0.3 is 4.90 Å². The molecule has 0 amide bonds. The number of halogens is 1. The molecule has 0 N–H and O–H groups in total. The van der Waals surface area contributed by atoms with Gasteiger partial charge in [-0.1, -0.05) is 0 Å². The van der Waals surface area contributed by atoms with Gasteiger partial charge in [0.2, 0.25) is 0 Å². The van der Waals surface area contributed by atoms with Gasteiger partial charge in [0, 0.05) is 31.1 Å². The van der Waals surface area contributed by atoms with Crippen LogP contribution in [-0.4, -0.2) is 42.4 Å². The van der Waals surface area contributed by atoms with Crippen molar-refractivity contribution in [2.45, 2.75) is 4.90 Å². The average Bonchev–Trinajstić information content (AvgIpc) is 2.25. The zero-order chi connectivity index (χ0) is 10.7. The first-order valence-corrected chi connectivity index (χ1v) is 5.88. The highest BCUT2D eigenvalue weighted by Crippen LogP contribution is 2.23. The molecule has 0 saturated carbocycles. The van der Waals surface area contributed by atoms with Gasteiger partial charge in [-0.15, -0.1) is 0 Å². The number of nitrogens with zero attached hydrogens (tertiary/aromatic N) is 2. The molecule has 0 unspecified atom stereocenters. The monoisotopic (exact) mass is 226 g/mol. The van der Waals surface area contributed by atoms with Crippen molar-refractivity contribution in [1.29, 1.82) is 0 Å². The predicted molar refractivity (Wildman–Crippen MR) is 61.3 cm³/mol. The van der Waals surface area contributed by atoms with Crippen LogP contribution in [0.3, 0.4) is 0 Å². The Kier molecular flexibility index (Phi) is 3.61. The molecule has 0 aliphatic carbocycles. The standard InChI is InChI=1S/C11H15FN2S/c1-13-6-8-14(9-7-13)15-11-4-2-10(12)3-5-11/h2-5H,6-9H2,1H3. The molecule has 0 bridgehead atoms. The van der Waals surface area contributed by atoms with Crippen LogP contribution in [0, 0.1) is 5.82 Å². The van der Waals surface area contributed by atoms with Crippen molar-refractivity contribution in [3.63, 3.8) is 0 Å². The van der Waals surface area contributed by atoms with Gasteiger partial charge in [0.05, 0.1) is 0 Å². The van der Waals surface area contributed by atoms with Gasteiger partial charge in [-0.25, -0.2) is 8.70 Å². The second-order valence-corrected chi connectivity index (χ2v) is 4.95. The molecule has 1 aliphatic rings. The summed E-state index contributed by atoms with van der Waals surface area (Å²) in [4.78, 5) is 3.43. The van der Waals surface area contributed by atoms with Crippen molar-refractivity contribution in [2.75, 3.05) is 33.2 Å². The molecule has 1 aromatic rings. The maximum Gasteiger partial charge on any atom is 0.123 e. The van der Waals surface area contributed by atoms with Crippen LogP contribution in [0.5, 0.6) is 0 Å². The Morgan fingerprint density at radius 1 is 1.07 bits per heavy atom. The van der Waals surface area contributed by atoms with E-state index >= 15 is 0 Å². The molecule has 0 aromatic heterocycles. The lowest BCUT2D eigenvalue weighted by molar-refractivity contribution is 0.233. The molecule has 1 aliphatic heterocycles. The van der Waals surface area contributed by atoms with E-state index in [1.165, 1.54) is 12.1 Å². The number of likely N-dealkylation sites (N-methyl/N-ethyl adjacent to an activating group) is 1. The van der Waals surface area contributed by atoms with Gasteiger partial charge in [-0.3, -0.25) is 0 Å². The Hall–Kier alpha value is -0.580. The smallest absolute Gasteiger partial charge is 0.123 e. The molecular formula is C11H15FN2S. The molecule has 1 saturated heterocycles. The number of hydrogen-bond donors (Lipinski definition) is 0. The quantitative estimate of drug-likeness (QED) is 0.713. The number of rotatable bonds is 2. The second kappa shape index (κ2) is 4.96. The highest BCUT2D eigenvalue weighted by Gasteiger charge is 2.14. The molecule has 1 heterocycles. The van der Waals surface area contributed by atoms with Crippen molar-refractivity contribution in [1.82, 2.24) is 9.21 Å². The minimum atomic E-state index is -0.169. The van der Waals surface area contributed by atoms with Gasteiger partial charge in [-0.2, -0.15) is 0 Å². The van der Waals surface area contributed by atoms with Crippen LogP contribution in [0.25, 0.3) is 0 Å². The van der Waals surface area contributed by atoms with Gasteiger partial charge >= 0.3 is 0 Å². The first kappa shape index (κ1) is 10.9. The van der Waals surface area contributed by atoms with Crippen LogP contribution in [0.2, 0.25) is 0 Å². The maximum absolute atomic E-state index is 12.7. The van der Waals surface area contributed by atoms with Crippen molar-refractivity contribution in [3.05, 3.63) is 30.1 Å². The summed E-state index contributed by atoms with van der Waals surface area (Å²) in [5.74, 6) is -0.169. The zero-order valence-corrected chi connectivity index (χ0v) is 9.63. The summed E-state index contributed by atoms with van der Waals surface area (Å²) in [6.07, 6.45) is 0. The number of hydrogen-bond acceptors (Lipinski definition) is 3. The van der Waals surface area contributed by atoms with Crippen molar-refractivity contribution in [2.24, 2.45) is 0 Å². The summed E-state index contributed by atoms with van der Waals surface area (Å²) in [5, 5.41) is 0. The van der Waals surface area contributed by atoms with E-state index in [2.05, 4.69) is 16.3 Å². The third-order valence-corrected chi connectivity index (χ3v) is 3.62. The van der Waals surface area contributed by atoms with E-state index < -0.39 is 0 Å². The summed E-state index contributed by atoms with van der Waals surface area (Å²) >= 11 is 1.72. The third kappa shape index (κ3) is 3.19. The second-order valence-electron chi connectivity index (χ2n) is 3.78. The molecule has 4 heteroatoms. The normalized spacial score (nSPS) is 19.3. The third-order valence-electron chi connectivity index (χ3n) is 2.51. The van der Waals surface area contributed by atoms with Crippen LogP contribution < -0.4 is 0 Å². The van der Waals surface area contributed by atoms with E-state index in [0.717, 1.165) is 31.1 Å². The molecule has 1 fully saturated rings. The topological polar surface area (TPSA) is 6.48 Å². The molecule has 0 spiro atoms.